The third-order valence-electron chi connectivity index (χ3n) is 5.18. The van der Waals surface area contributed by atoms with Crippen molar-refractivity contribution in [3.8, 4) is 0 Å². The number of carbonyl (C=O) groups excluding carboxylic acids is 1. The van der Waals surface area contributed by atoms with Gasteiger partial charge < -0.3 is 20.3 Å². The van der Waals surface area contributed by atoms with E-state index in [0.29, 0.717) is 11.6 Å². The van der Waals surface area contributed by atoms with Gasteiger partial charge in [-0.15, -0.1) is 11.3 Å². The quantitative estimate of drug-likeness (QED) is 0.472. The lowest BCUT2D eigenvalue weighted by Crippen LogP contribution is -2.47. The minimum atomic E-state index is -5.08. The van der Waals surface area contributed by atoms with Crippen LogP contribution >= 0.6 is 11.3 Å². The number of nitrogens with one attached hydrogen (secondary N) is 1. The number of carbonyl (C=O) groups is 3. The van der Waals surface area contributed by atoms with E-state index in [0.717, 1.165) is 37.5 Å². The van der Waals surface area contributed by atoms with Crippen LogP contribution in [0.25, 0.3) is 0 Å². The standard InChI is InChI=1S/C17H20N4O2S.2C2HF3O2/c22-17(12-3-1-5-18-9-12)20-13-10-21(11-15-19-6-8-24-15)14-4-2-7-23-16(13)14;2*3-2(4,5)1(6)7/h1,3,5-6,8-9,13-14,16H,2,4,7,10-11H2,(H,20,22);2*(H,6,7)/t13-,14-,16-;;/m0../s1. The van der Waals surface area contributed by atoms with Crippen LogP contribution in [0.2, 0.25) is 0 Å². The fourth-order valence-corrected chi connectivity index (χ4v) is 4.26. The molecule has 4 heterocycles. The van der Waals surface area contributed by atoms with Gasteiger partial charge in [-0.3, -0.25) is 14.7 Å². The van der Waals surface area contributed by atoms with Crippen LogP contribution in [0.15, 0.2) is 36.1 Å². The highest BCUT2D eigenvalue weighted by molar-refractivity contribution is 7.09. The molecule has 2 aliphatic rings. The zero-order chi connectivity index (χ0) is 28.5. The summed E-state index contributed by atoms with van der Waals surface area (Å²) in [6, 6.07) is 3.91. The lowest BCUT2D eigenvalue weighted by atomic mass is 10.0. The number of carboxylic acid groups (broad SMARTS) is 2. The number of amides is 1. The molecule has 10 nitrogen and oxygen atoms in total. The van der Waals surface area contributed by atoms with E-state index in [9.17, 15) is 31.1 Å². The number of alkyl halides is 6. The summed E-state index contributed by atoms with van der Waals surface area (Å²) in [6.45, 7) is 2.38. The Labute approximate surface area is 215 Å². The lowest BCUT2D eigenvalue weighted by Gasteiger charge is -2.32. The molecule has 2 aromatic rings. The maximum atomic E-state index is 12.5. The molecule has 4 rings (SSSR count). The first-order valence-corrected chi connectivity index (χ1v) is 11.6. The van der Waals surface area contributed by atoms with Gasteiger partial charge in [-0.05, 0) is 25.0 Å². The van der Waals surface area contributed by atoms with Crippen LogP contribution in [0, 0.1) is 0 Å². The molecule has 1 amide bonds. The molecule has 17 heteroatoms. The van der Waals surface area contributed by atoms with Gasteiger partial charge in [0.25, 0.3) is 5.91 Å². The van der Waals surface area contributed by atoms with Gasteiger partial charge in [-0.25, -0.2) is 14.6 Å². The number of thiazole rings is 1. The van der Waals surface area contributed by atoms with E-state index in [1.54, 1.807) is 35.9 Å². The summed E-state index contributed by atoms with van der Waals surface area (Å²) in [5, 5.41) is 20.5. The van der Waals surface area contributed by atoms with Crippen LogP contribution in [0.5, 0.6) is 0 Å². The van der Waals surface area contributed by atoms with E-state index in [2.05, 4.69) is 20.2 Å². The van der Waals surface area contributed by atoms with Crippen LogP contribution in [0.4, 0.5) is 26.3 Å². The van der Waals surface area contributed by atoms with Crippen molar-refractivity contribution in [3.05, 3.63) is 46.7 Å². The van der Waals surface area contributed by atoms with Crippen molar-refractivity contribution >= 4 is 29.2 Å². The average molecular weight is 572 g/mol. The van der Waals surface area contributed by atoms with Crippen molar-refractivity contribution in [1.29, 1.82) is 0 Å². The summed E-state index contributed by atoms with van der Waals surface area (Å²) >= 11 is 1.67. The second-order valence-electron chi connectivity index (χ2n) is 7.83. The highest BCUT2D eigenvalue weighted by Crippen LogP contribution is 2.30. The topological polar surface area (TPSA) is 142 Å². The second kappa shape index (κ2) is 13.5. The van der Waals surface area contributed by atoms with Crippen LogP contribution in [0.1, 0.15) is 28.2 Å². The van der Waals surface area contributed by atoms with Gasteiger partial charge in [0.1, 0.15) is 5.01 Å². The van der Waals surface area contributed by atoms with Crippen LogP contribution in [-0.4, -0.2) is 86.6 Å². The first-order chi connectivity index (χ1) is 17.7. The molecule has 0 radical (unpaired) electrons. The Kier molecular flexibility index (Phi) is 11.0. The van der Waals surface area contributed by atoms with Gasteiger partial charge in [-0.1, -0.05) is 0 Å². The maximum Gasteiger partial charge on any atom is 0.490 e. The number of halogens is 6. The van der Waals surface area contributed by atoms with E-state index < -0.39 is 24.3 Å². The predicted octanol–water partition coefficient (Wildman–Crippen LogP) is 2.97. The minimum Gasteiger partial charge on any atom is -0.475 e. The van der Waals surface area contributed by atoms with Gasteiger partial charge >= 0.3 is 24.3 Å². The molecule has 0 saturated carbocycles. The Hall–Kier alpha value is -3.31. The van der Waals surface area contributed by atoms with Gasteiger partial charge in [0.2, 0.25) is 0 Å². The molecule has 2 saturated heterocycles. The van der Waals surface area contributed by atoms with Crippen molar-refractivity contribution in [1.82, 2.24) is 20.2 Å². The number of likely N-dealkylation sites (tertiary alicyclic amines) is 1. The molecule has 2 aliphatic heterocycles. The van der Waals surface area contributed by atoms with Gasteiger partial charge in [0.15, 0.2) is 0 Å². The molecular weight excluding hydrogens is 550 g/mol. The highest BCUT2D eigenvalue weighted by Gasteiger charge is 2.44. The van der Waals surface area contributed by atoms with Crippen molar-refractivity contribution in [2.24, 2.45) is 0 Å². The van der Waals surface area contributed by atoms with Crippen LogP contribution < -0.4 is 5.32 Å². The molecule has 0 aromatic carbocycles. The molecule has 3 N–H and O–H groups in total. The highest BCUT2D eigenvalue weighted by atomic mass is 32.1. The van der Waals surface area contributed by atoms with E-state index in [-0.39, 0.29) is 18.1 Å². The molecule has 210 valence electrons. The van der Waals surface area contributed by atoms with Crippen molar-refractivity contribution in [3.63, 3.8) is 0 Å². The first kappa shape index (κ1) is 30.9. The molecule has 0 spiro atoms. The van der Waals surface area contributed by atoms with E-state index in [1.165, 1.54) is 0 Å². The van der Waals surface area contributed by atoms with Gasteiger partial charge in [-0.2, -0.15) is 26.3 Å². The number of hydrogen-bond donors (Lipinski definition) is 3. The normalized spacial score (nSPS) is 21.2. The third kappa shape index (κ3) is 9.53. The summed E-state index contributed by atoms with van der Waals surface area (Å²) in [5.41, 5.74) is 0.586. The zero-order valence-corrected chi connectivity index (χ0v) is 20.1. The number of pyridine rings is 1. The fourth-order valence-electron chi connectivity index (χ4n) is 3.62. The van der Waals surface area contributed by atoms with E-state index in [4.69, 9.17) is 24.5 Å². The summed E-state index contributed by atoms with van der Waals surface area (Å²) in [7, 11) is 0. The first-order valence-electron chi connectivity index (χ1n) is 10.7. The molecule has 0 bridgehead atoms. The van der Waals surface area contributed by atoms with Gasteiger partial charge in [0, 0.05) is 43.2 Å². The second-order valence-corrected chi connectivity index (χ2v) is 8.81. The van der Waals surface area contributed by atoms with Crippen molar-refractivity contribution in [2.75, 3.05) is 13.2 Å². The Morgan fingerprint density at radius 2 is 1.74 bits per heavy atom. The third-order valence-corrected chi connectivity index (χ3v) is 5.94. The Balaban J connectivity index is 0.000000301. The monoisotopic (exact) mass is 572 g/mol. The predicted molar refractivity (Wildman–Crippen MR) is 118 cm³/mol. The fraction of sp³-hybridized carbons (Fsp3) is 0.476. The number of fused-ring (bicyclic) bond motifs is 1. The largest absolute Gasteiger partial charge is 0.490 e. The number of aliphatic carboxylic acids is 2. The summed E-state index contributed by atoms with van der Waals surface area (Å²) in [4.78, 5) is 41.1. The molecule has 2 fully saturated rings. The molecule has 0 unspecified atom stereocenters. The summed E-state index contributed by atoms with van der Waals surface area (Å²) in [5.74, 6) is -5.60. The number of carboxylic acids is 2. The van der Waals surface area contributed by atoms with Crippen LogP contribution in [-0.2, 0) is 20.9 Å². The summed E-state index contributed by atoms with van der Waals surface area (Å²) in [6.07, 6.45) is -2.83. The molecular formula is C21H22F6N4O6S. The summed E-state index contributed by atoms with van der Waals surface area (Å²) < 4.78 is 69.5. The Morgan fingerprint density at radius 1 is 1.11 bits per heavy atom. The number of nitrogens with zero attached hydrogens (tertiary/aromatic N) is 3. The van der Waals surface area contributed by atoms with Gasteiger partial charge in [0.05, 0.1) is 24.3 Å². The lowest BCUT2D eigenvalue weighted by molar-refractivity contribution is -0.193. The van der Waals surface area contributed by atoms with E-state index in [1.807, 2.05) is 11.6 Å². The van der Waals surface area contributed by atoms with Crippen molar-refractivity contribution in [2.45, 2.75) is 49.9 Å². The average Bonchev–Trinajstić information content (AvgIpc) is 3.48. The number of aromatic nitrogens is 2. The molecule has 38 heavy (non-hydrogen) atoms. The number of ether oxygens (including phenoxy) is 1. The molecule has 0 aliphatic carbocycles. The van der Waals surface area contributed by atoms with Crippen LogP contribution in [0.3, 0.4) is 0 Å². The Morgan fingerprint density at radius 3 is 2.24 bits per heavy atom. The molecule has 2 aromatic heterocycles. The maximum absolute atomic E-state index is 12.5. The van der Waals surface area contributed by atoms with Crippen molar-refractivity contribution < 1.29 is 55.7 Å². The minimum absolute atomic E-state index is 0.00275. The molecule has 3 atom stereocenters. The van der Waals surface area contributed by atoms with E-state index >= 15 is 0 Å². The zero-order valence-electron chi connectivity index (χ0n) is 19.3. The SMILES string of the molecule is O=C(N[C@H]1CN(Cc2nccs2)[C@H]2CCCO[C@@H]12)c1cccnc1.O=C(O)C(F)(F)F.O=C(O)C(F)(F)F. The number of hydrogen-bond acceptors (Lipinski definition) is 8. The smallest absolute Gasteiger partial charge is 0.475 e. The number of rotatable bonds is 4. The Bertz CT molecular complexity index is 1030.